The quantitative estimate of drug-likeness (QED) is 0.326. The number of halogens is 4. The average Bonchev–Trinajstić information content (AvgIpc) is 2.69. The molecule has 0 fully saturated rings. The molecule has 0 bridgehead atoms. The Morgan fingerprint density at radius 1 is 1.22 bits per heavy atom. The van der Waals surface area contributed by atoms with Crippen LogP contribution in [0.4, 0.5) is 29.1 Å². The molecule has 1 aromatic heterocycles. The van der Waals surface area contributed by atoms with Gasteiger partial charge in [-0.1, -0.05) is 6.07 Å². The predicted molar refractivity (Wildman–Crippen MR) is 111 cm³/mol. The molecule has 0 unspecified atom stereocenters. The van der Waals surface area contributed by atoms with Crippen LogP contribution in [-0.4, -0.2) is 43.8 Å². The summed E-state index contributed by atoms with van der Waals surface area (Å²) in [6.45, 7) is -0.464. The number of rotatable bonds is 9. The number of alkyl halides is 3. The number of pyridine rings is 1. The largest absolute Gasteiger partial charge is 0.433 e. The van der Waals surface area contributed by atoms with Crippen LogP contribution in [-0.2, 0) is 27.5 Å². The minimum absolute atomic E-state index is 0.0445. The summed E-state index contributed by atoms with van der Waals surface area (Å²) in [7, 11) is -3.65. The Morgan fingerprint density at radius 2 is 1.94 bits per heavy atom. The van der Waals surface area contributed by atoms with Gasteiger partial charge in [-0.25, -0.2) is 17.8 Å². The number of carbonyl (C=O) groups excluding carboxylic acids is 1. The zero-order valence-electron chi connectivity index (χ0n) is 16.7. The molecule has 1 amide bonds. The fourth-order valence-electron chi connectivity index (χ4n) is 2.44. The monoisotopic (exact) mass is 476 g/mol. The van der Waals surface area contributed by atoms with Gasteiger partial charge in [0.25, 0.3) is 0 Å². The number of hydrogen-bond donors (Lipinski definition) is 4. The fraction of sp³-hybridized carbons (Fsp3) is 0.263. The molecule has 0 atom stereocenters. The zero-order chi connectivity index (χ0) is 23.9. The first-order valence-corrected chi connectivity index (χ1v) is 10.9. The van der Waals surface area contributed by atoms with E-state index in [-0.39, 0.29) is 36.8 Å². The second kappa shape index (κ2) is 10.4. The van der Waals surface area contributed by atoms with Crippen LogP contribution >= 0.6 is 0 Å². The number of nitrogens with zero attached hydrogens (tertiary/aromatic N) is 1. The Balaban J connectivity index is 2.06. The lowest BCUT2D eigenvalue weighted by atomic mass is 10.2. The molecular weight excluding hydrogens is 456 g/mol. The van der Waals surface area contributed by atoms with E-state index >= 15 is 0 Å². The van der Waals surface area contributed by atoms with Gasteiger partial charge < -0.3 is 15.7 Å². The topological polar surface area (TPSA) is 120 Å². The van der Waals surface area contributed by atoms with Gasteiger partial charge in [0, 0.05) is 24.7 Å². The van der Waals surface area contributed by atoms with Gasteiger partial charge in [-0.15, -0.1) is 0 Å². The highest BCUT2D eigenvalue weighted by Crippen LogP contribution is 2.29. The molecule has 0 aliphatic rings. The van der Waals surface area contributed by atoms with Crippen molar-refractivity contribution in [2.75, 3.05) is 29.4 Å². The molecular formula is C19H20F4N4O4S. The van der Waals surface area contributed by atoms with Crippen LogP contribution in [0.5, 0.6) is 0 Å². The molecule has 32 heavy (non-hydrogen) atoms. The number of aliphatic hydroxyl groups excluding tert-OH is 1. The zero-order valence-corrected chi connectivity index (χ0v) is 17.5. The van der Waals surface area contributed by atoms with Crippen molar-refractivity contribution >= 4 is 33.5 Å². The Labute approximate surface area is 181 Å². The average molecular weight is 476 g/mol. The maximum absolute atomic E-state index is 14.0. The molecule has 8 nitrogen and oxygen atoms in total. The second-order valence-electron chi connectivity index (χ2n) is 6.52. The summed E-state index contributed by atoms with van der Waals surface area (Å²) < 4.78 is 76.9. The number of aliphatic hydroxyl groups is 1. The van der Waals surface area contributed by atoms with Gasteiger partial charge in [0.2, 0.25) is 15.9 Å². The molecule has 0 aliphatic carbocycles. The van der Waals surface area contributed by atoms with Crippen LogP contribution in [0, 0.1) is 5.82 Å². The third-order valence-electron chi connectivity index (χ3n) is 3.83. The van der Waals surface area contributed by atoms with Crippen molar-refractivity contribution < 1.29 is 35.9 Å². The maximum Gasteiger partial charge on any atom is 0.433 e. The molecule has 0 saturated heterocycles. The normalized spacial score (nSPS) is 12.1. The molecule has 174 valence electrons. The third-order valence-corrected chi connectivity index (χ3v) is 4.42. The van der Waals surface area contributed by atoms with Crippen molar-refractivity contribution in [3.05, 3.63) is 59.0 Å². The summed E-state index contributed by atoms with van der Waals surface area (Å²) in [5, 5.41) is 13.9. The van der Waals surface area contributed by atoms with Crippen molar-refractivity contribution in [1.82, 2.24) is 10.3 Å². The SMILES string of the molecule is CS(=O)(=O)Nc1ccc(CNC(=O)/C=C/c2ccc(C(F)(F)F)nc2NCCO)cc1F. The van der Waals surface area contributed by atoms with E-state index in [1.165, 1.54) is 18.2 Å². The van der Waals surface area contributed by atoms with Crippen LogP contribution < -0.4 is 15.4 Å². The van der Waals surface area contributed by atoms with Crippen LogP contribution in [0.2, 0.25) is 0 Å². The minimum Gasteiger partial charge on any atom is -0.395 e. The number of aromatic nitrogens is 1. The molecule has 1 aromatic carbocycles. The first-order valence-electron chi connectivity index (χ1n) is 9.04. The number of sulfonamides is 1. The van der Waals surface area contributed by atoms with Gasteiger partial charge >= 0.3 is 6.18 Å². The van der Waals surface area contributed by atoms with Crippen molar-refractivity contribution in [1.29, 1.82) is 0 Å². The van der Waals surface area contributed by atoms with E-state index in [2.05, 4.69) is 15.6 Å². The standard InChI is InChI=1S/C19H20F4N4O4S/c1-32(30,31)27-15-5-2-12(10-14(15)20)11-25-17(29)7-4-13-3-6-16(19(21,22)23)26-18(13)24-8-9-28/h2-7,10,27-28H,8-9,11H2,1H3,(H,24,26)(H,25,29)/b7-4+. The Morgan fingerprint density at radius 3 is 2.53 bits per heavy atom. The fourth-order valence-corrected chi connectivity index (χ4v) is 3.01. The Bertz CT molecular complexity index is 1100. The molecule has 0 radical (unpaired) electrons. The van der Waals surface area contributed by atoms with E-state index in [0.29, 0.717) is 5.56 Å². The van der Waals surface area contributed by atoms with E-state index < -0.39 is 33.6 Å². The molecule has 2 aromatic rings. The second-order valence-corrected chi connectivity index (χ2v) is 8.27. The van der Waals surface area contributed by atoms with Gasteiger partial charge in [-0.2, -0.15) is 13.2 Å². The summed E-state index contributed by atoms with van der Waals surface area (Å²) in [6, 6.07) is 5.56. The highest BCUT2D eigenvalue weighted by atomic mass is 32.2. The lowest BCUT2D eigenvalue weighted by Gasteiger charge is -2.12. The molecule has 0 aliphatic heterocycles. The van der Waals surface area contributed by atoms with Crippen LogP contribution in [0.1, 0.15) is 16.8 Å². The highest BCUT2D eigenvalue weighted by Gasteiger charge is 2.32. The summed E-state index contributed by atoms with van der Waals surface area (Å²) in [6.07, 6.45) is -1.48. The van der Waals surface area contributed by atoms with Crippen LogP contribution in [0.25, 0.3) is 6.08 Å². The van der Waals surface area contributed by atoms with Gasteiger partial charge in [-0.3, -0.25) is 9.52 Å². The molecule has 2 rings (SSSR count). The van der Waals surface area contributed by atoms with Crippen molar-refractivity contribution in [3.63, 3.8) is 0 Å². The highest BCUT2D eigenvalue weighted by molar-refractivity contribution is 7.92. The first-order chi connectivity index (χ1) is 14.9. The van der Waals surface area contributed by atoms with Crippen LogP contribution in [0.15, 0.2) is 36.4 Å². The summed E-state index contributed by atoms with van der Waals surface area (Å²) in [5.74, 6) is -1.60. The van der Waals surface area contributed by atoms with E-state index in [1.54, 1.807) is 0 Å². The number of carbonyl (C=O) groups is 1. The number of benzene rings is 1. The summed E-state index contributed by atoms with van der Waals surface area (Å²) in [5.41, 5.74) is -0.829. The summed E-state index contributed by atoms with van der Waals surface area (Å²) in [4.78, 5) is 15.5. The van der Waals surface area contributed by atoms with Gasteiger partial charge in [0.1, 0.15) is 17.3 Å². The number of nitrogens with one attached hydrogen (secondary N) is 3. The molecule has 0 spiro atoms. The maximum atomic E-state index is 14.0. The number of amides is 1. The lowest BCUT2D eigenvalue weighted by Crippen LogP contribution is -2.20. The lowest BCUT2D eigenvalue weighted by molar-refractivity contribution is -0.141. The van der Waals surface area contributed by atoms with E-state index in [4.69, 9.17) is 5.11 Å². The number of hydrogen-bond acceptors (Lipinski definition) is 6. The van der Waals surface area contributed by atoms with E-state index in [9.17, 15) is 30.8 Å². The number of anilines is 2. The molecule has 13 heteroatoms. The predicted octanol–water partition coefficient (Wildman–Crippen LogP) is 2.34. The molecule has 4 N–H and O–H groups in total. The van der Waals surface area contributed by atoms with Gasteiger partial charge in [0.05, 0.1) is 18.6 Å². The minimum atomic E-state index is -4.66. The van der Waals surface area contributed by atoms with Crippen molar-refractivity contribution in [2.45, 2.75) is 12.7 Å². The van der Waals surface area contributed by atoms with E-state index in [0.717, 1.165) is 30.5 Å². The first kappa shape index (κ1) is 25.1. The molecule has 0 saturated carbocycles. The Kier molecular flexibility index (Phi) is 8.16. The van der Waals surface area contributed by atoms with Crippen molar-refractivity contribution in [2.24, 2.45) is 0 Å². The van der Waals surface area contributed by atoms with Gasteiger partial charge in [0.15, 0.2) is 0 Å². The smallest absolute Gasteiger partial charge is 0.395 e. The third kappa shape index (κ3) is 7.81. The van der Waals surface area contributed by atoms with E-state index in [1.807, 2.05) is 4.72 Å². The Hall–Kier alpha value is -3.19. The van der Waals surface area contributed by atoms with Crippen molar-refractivity contribution in [3.8, 4) is 0 Å². The van der Waals surface area contributed by atoms with Crippen LogP contribution in [0.3, 0.4) is 0 Å². The van der Waals surface area contributed by atoms with Gasteiger partial charge in [-0.05, 0) is 35.9 Å². The summed E-state index contributed by atoms with van der Waals surface area (Å²) >= 11 is 0. The molecule has 1 heterocycles.